The molecule has 60 heavy (non-hydrogen) atoms. The average molecular weight is 776 g/mol. The quantitative estimate of drug-likeness (QED) is 0.141. The van der Waals surface area contributed by atoms with E-state index in [0.29, 0.717) is 0 Å². The van der Waals surface area contributed by atoms with Crippen molar-refractivity contribution in [2.45, 2.75) is 81.0 Å². The van der Waals surface area contributed by atoms with E-state index < -0.39 is 0 Å². The van der Waals surface area contributed by atoms with Gasteiger partial charge in [0.05, 0.1) is 5.41 Å². The fraction of sp³-hybridized carbons (Fsp3) is 0.254. The first kappa shape index (κ1) is 36.0. The molecule has 0 saturated heterocycles. The summed E-state index contributed by atoms with van der Waals surface area (Å²) in [5.41, 5.74) is 20.4. The van der Waals surface area contributed by atoms with Gasteiger partial charge in [0.2, 0.25) is 0 Å². The molecule has 4 bridgehead atoms. The molecule has 7 aromatic carbocycles. The molecule has 1 nitrogen and oxygen atoms in total. The van der Waals surface area contributed by atoms with Crippen molar-refractivity contribution in [1.82, 2.24) is 0 Å². The molecule has 0 aliphatic heterocycles. The lowest BCUT2D eigenvalue weighted by atomic mass is 9.42. The van der Waals surface area contributed by atoms with Crippen LogP contribution in [0.2, 0.25) is 0 Å². The Kier molecular flexibility index (Phi) is 8.12. The number of rotatable bonds is 9. The van der Waals surface area contributed by atoms with Crippen LogP contribution >= 0.6 is 0 Å². The van der Waals surface area contributed by atoms with E-state index in [9.17, 15) is 0 Å². The second-order valence-electron chi connectivity index (χ2n) is 19.1. The van der Waals surface area contributed by atoms with E-state index in [0.717, 1.165) is 18.3 Å². The maximum atomic E-state index is 4.03. The van der Waals surface area contributed by atoms with Crippen LogP contribution in [0.15, 0.2) is 170 Å². The molecule has 0 aromatic heterocycles. The molecule has 2 unspecified atom stereocenters. The van der Waals surface area contributed by atoms with Crippen molar-refractivity contribution in [3.63, 3.8) is 0 Å². The van der Waals surface area contributed by atoms with Crippen LogP contribution in [0, 0.1) is 11.8 Å². The number of nitrogens with zero attached hydrogens (tertiary/aromatic N) is 1. The summed E-state index contributed by atoms with van der Waals surface area (Å²) in [5, 5.41) is 0. The molecule has 1 heteroatoms. The number of hydrogen-bond acceptors (Lipinski definition) is 1. The Morgan fingerprint density at radius 2 is 1.00 bits per heavy atom. The molecule has 4 saturated carbocycles. The molecule has 0 radical (unpaired) electrons. The Labute approximate surface area is 356 Å². The summed E-state index contributed by atoms with van der Waals surface area (Å²) in [5.74, 6) is 1.61. The van der Waals surface area contributed by atoms with Crippen molar-refractivity contribution in [2.24, 2.45) is 11.8 Å². The second kappa shape index (κ2) is 13.5. The number of hydrogen-bond donors (Lipinski definition) is 0. The van der Waals surface area contributed by atoms with Gasteiger partial charge in [-0.25, -0.2) is 0 Å². The standard InChI is InChI=1S/C59H53N/c1-3-5-12-41-21-27-46(28-22-41)60(47-29-25-45(26-30-47)58-37-42-33-43(38-58)36-57(35-42,39-58)44-23-19-40(4-2)20-24-44)48-31-32-52-51-15-8-11-18-55(51)59(56(52)34-48)53-16-9-6-13-49(53)50-14-7-10-17-54(50)59/h4,6-11,13-32,34,42-43H,2-3,5,12,33,35-39H2,1H3. The van der Waals surface area contributed by atoms with Gasteiger partial charge in [-0.05, 0) is 177 Å². The Morgan fingerprint density at radius 1 is 0.533 bits per heavy atom. The van der Waals surface area contributed by atoms with Crippen LogP contribution in [-0.4, -0.2) is 0 Å². The lowest BCUT2D eigenvalue weighted by Gasteiger charge is -2.63. The van der Waals surface area contributed by atoms with Gasteiger partial charge in [0.15, 0.2) is 0 Å². The number of fused-ring (bicyclic) bond motifs is 10. The Balaban J connectivity index is 0.986. The van der Waals surface area contributed by atoms with Gasteiger partial charge in [-0.2, -0.15) is 0 Å². The molecule has 294 valence electrons. The summed E-state index contributed by atoms with van der Waals surface area (Å²) < 4.78 is 0. The molecule has 4 fully saturated rings. The number of benzene rings is 7. The lowest BCUT2D eigenvalue weighted by Crippen LogP contribution is -2.55. The predicted octanol–water partition coefficient (Wildman–Crippen LogP) is 15.3. The van der Waals surface area contributed by atoms with Crippen LogP contribution in [0.3, 0.4) is 0 Å². The molecule has 6 aliphatic carbocycles. The number of unbranched alkanes of at least 4 members (excludes halogenated alkanes) is 1. The van der Waals surface area contributed by atoms with Gasteiger partial charge in [0.25, 0.3) is 0 Å². The monoisotopic (exact) mass is 775 g/mol. The van der Waals surface area contributed by atoms with Gasteiger partial charge >= 0.3 is 0 Å². The third-order valence-corrected chi connectivity index (χ3v) is 15.8. The van der Waals surface area contributed by atoms with E-state index in [1.54, 1.807) is 11.1 Å². The smallest absolute Gasteiger partial charge is 0.0726 e. The van der Waals surface area contributed by atoms with Gasteiger partial charge in [-0.3, -0.25) is 0 Å². The highest BCUT2D eigenvalue weighted by Gasteiger charge is 2.58. The van der Waals surface area contributed by atoms with Crippen molar-refractivity contribution in [1.29, 1.82) is 0 Å². The Morgan fingerprint density at radius 3 is 1.52 bits per heavy atom. The lowest BCUT2D eigenvalue weighted by molar-refractivity contribution is -0.0281. The Bertz CT molecular complexity index is 2710. The number of aryl methyl sites for hydroxylation is 1. The minimum atomic E-state index is -0.380. The zero-order valence-electron chi connectivity index (χ0n) is 34.8. The maximum absolute atomic E-state index is 4.03. The molecule has 1 spiro atoms. The molecular weight excluding hydrogens is 723 g/mol. The third kappa shape index (κ3) is 5.17. The summed E-state index contributed by atoms with van der Waals surface area (Å²) in [6.45, 7) is 6.31. The summed E-state index contributed by atoms with van der Waals surface area (Å²) in [6, 6.07) is 63.5. The zero-order chi connectivity index (χ0) is 40.1. The molecule has 7 aromatic rings. The first-order valence-corrected chi connectivity index (χ1v) is 22.7. The van der Waals surface area contributed by atoms with Crippen LogP contribution < -0.4 is 4.90 Å². The van der Waals surface area contributed by atoms with Gasteiger partial charge < -0.3 is 4.90 Å². The average Bonchev–Trinajstić information content (AvgIpc) is 3.76. The van der Waals surface area contributed by atoms with Crippen LogP contribution in [0.4, 0.5) is 17.1 Å². The van der Waals surface area contributed by atoms with Gasteiger partial charge in [0, 0.05) is 17.1 Å². The minimum absolute atomic E-state index is 0.237. The molecule has 6 aliphatic rings. The largest absolute Gasteiger partial charge is 0.310 e. The minimum Gasteiger partial charge on any atom is -0.310 e. The Hall–Kier alpha value is -5.92. The van der Waals surface area contributed by atoms with Gasteiger partial charge in [-0.1, -0.05) is 153 Å². The maximum Gasteiger partial charge on any atom is 0.0726 e. The highest BCUT2D eigenvalue weighted by Crippen LogP contribution is 2.67. The highest BCUT2D eigenvalue weighted by molar-refractivity contribution is 5.96. The molecule has 2 atom stereocenters. The SMILES string of the molecule is C=Cc1ccc(C23CC4CC(C2)CC(c2ccc(N(c5ccc(CCCC)cc5)c5ccc6c(c5)C5(c7ccccc7-c7ccccc75)c5ccccc5-6)cc2)(C4)C3)cc1. The summed E-state index contributed by atoms with van der Waals surface area (Å²) >= 11 is 0. The van der Waals surface area contributed by atoms with Crippen molar-refractivity contribution >= 4 is 23.1 Å². The fourth-order valence-electron chi connectivity index (χ4n) is 13.7. The van der Waals surface area contributed by atoms with Crippen molar-refractivity contribution < 1.29 is 0 Å². The predicted molar refractivity (Wildman–Crippen MR) is 251 cm³/mol. The molecule has 13 rings (SSSR count). The number of anilines is 3. The first-order chi connectivity index (χ1) is 29.5. The molecule has 0 N–H and O–H groups in total. The van der Waals surface area contributed by atoms with Crippen molar-refractivity contribution in [3.8, 4) is 22.3 Å². The van der Waals surface area contributed by atoms with E-state index in [-0.39, 0.29) is 16.2 Å². The van der Waals surface area contributed by atoms with Crippen LogP contribution in [0.25, 0.3) is 28.3 Å². The topological polar surface area (TPSA) is 3.24 Å². The van der Waals surface area contributed by atoms with Crippen LogP contribution in [0.5, 0.6) is 0 Å². The zero-order valence-corrected chi connectivity index (χ0v) is 34.8. The normalized spacial score (nSPS) is 23.2. The molecular formula is C59H53N. The van der Waals surface area contributed by atoms with E-state index in [2.05, 4.69) is 182 Å². The summed E-state index contributed by atoms with van der Waals surface area (Å²) in [7, 11) is 0. The summed E-state index contributed by atoms with van der Waals surface area (Å²) in [4.78, 5) is 2.53. The van der Waals surface area contributed by atoms with E-state index in [1.807, 2.05) is 6.08 Å². The van der Waals surface area contributed by atoms with Crippen molar-refractivity contribution in [3.05, 3.63) is 215 Å². The van der Waals surface area contributed by atoms with Crippen molar-refractivity contribution in [2.75, 3.05) is 4.90 Å². The third-order valence-electron chi connectivity index (χ3n) is 15.8. The van der Waals surface area contributed by atoms with E-state index in [4.69, 9.17) is 0 Å². The van der Waals surface area contributed by atoms with Gasteiger partial charge in [-0.15, -0.1) is 0 Å². The fourth-order valence-corrected chi connectivity index (χ4v) is 13.7. The highest BCUT2D eigenvalue weighted by atomic mass is 15.1. The van der Waals surface area contributed by atoms with Crippen LogP contribution in [-0.2, 0) is 22.7 Å². The summed E-state index contributed by atoms with van der Waals surface area (Å²) in [6.07, 6.45) is 13.5. The molecule has 0 heterocycles. The first-order valence-electron chi connectivity index (χ1n) is 22.7. The van der Waals surface area contributed by atoms with E-state index in [1.165, 1.54) is 124 Å². The second-order valence-corrected chi connectivity index (χ2v) is 19.1. The van der Waals surface area contributed by atoms with E-state index >= 15 is 0 Å². The van der Waals surface area contributed by atoms with Crippen LogP contribution in [0.1, 0.15) is 103 Å². The van der Waals surface area contributed by atoms with Gasteiger partial charge in [0.1, 0.15) is 0 Å². The molecule has 0 amide bonds.